The molecule has 0 aliphatic heterocycles. The molecule has 0 spiro atoms. The Labute approximate surface area is 152 Å². The monoisotopic (exact) mass is 424 g/mol. The van der Waals surface area contributed by atoms with E-state index in [2.05, 4.69) is 26.5 Å². The van der Waals surface area contributed by atoms with Crippen LogP contribution in [0.2, 0.25) is 0 Å². The first-order valence-corrected chi connectivity index (χ1v) is 9.14. The molecule has 2 rings (SSSR count). The summed E-state index contributed by atoms with van der Waals surface area (Å²) in [4.78, 5) is 10.0. The lowest BCUT2D eigenvalue weighted by molar-refractivity contribution is -0.384. The zero-order valence-corrected chi connectivity index (χ0v) is 15.1. The molecule has 0 fully saturated rings. The molecular formula is C15H13BrN4O4S. The van der Waals surface area contributed by atoms with Gasteiger partial charge in [0, 0.05) is 10.5 Å². The van der Waals surface area contributed by atoms with Gasteiger partial charge in [0.1, 0.15) is 5.69 Å². The minimum Gasteiger partial charge on any atom is -0.272 e. The van der Waals surface area contributed by atoms with Crippen molar-refractivity contribution in [1.29, 1.82) is 0 Å². The number of halogens is 1. The van der Waals surface area contributed by atoms with E-state index in [0.29, 0.717) is 4.48 Å². The summed E-state index contributed by atoms with van der Waals surface area (Å²) in [7, 11) is -4.03. The number of sulfonamides is 1. The Morgan fingerprint density at radius 3 is 2.52 bits per heavy atom. The highest BCUT2D eigenvalue weighted by Crippen LogP contribution is 2.27. The minimum atomic E-state index is -4.03. The number of nitrogens with two attached hydrogens (primary N) is 1. The molecule has 0 aromatic heterocycles. The number of primary sulfonamides is 1. The molecule has 0 atom stereocenters. The average molecular weight is 425 g/mol. The van der Waals surface area contributed by atoms with Crippen LogP contribution >= 0.6 is 15.9 Å². The number of nitrogens with one attached hydrogen (secondary N) is 1. The molecule has 3 N–H and O–H groups in total. The third-order valence-corrected chi connectivity index (χ3v) is 4.32. The van der Waals surface area contributed by atoms with E-state index in [1.165, 1.54) is 12.3 Å². The first kappa shape index (κ1) is 18.8. The van der Waals surface area contributed by atoms with Gasteiger partial charge in [-0.25, -0.2) is 13.6 Å². The highest BCUT2D eigenvalue weighted by Gasteiger charge is 2.18. The van der Waals surface area contributed by atoms with Gasteiger partial charge in [-0.3, -0.25) is 15.5 Å². The van der Waals surface area contributed by atoms with Gasteiger partial charge in [0.15, 0.2) is 0 Å². The Morgan fingerprint density at radius 1 is 1.24 bits per heavy atom. The molecular weight excluding hydrogens is 412 g/mol. The van der Waals surface area contributed by atoms with Gasteiger partial charge in [-0.15, -0.1) is 0 Å². The van der Waals surface area contributed by atoms with Gasteiger partial charge in [-0.2, -0.15) is 5.10 Å². The van der Waals surface area contributed by atoms with Crippen LogP contribution in [0.1, 0.15) is 5.56 Å². The molecule has 0 amide bonds. The van der Waals surface area contributed by atoms with Crippen molar-refractivity contribution in [1.82, 2.24) is 0 Å². The van der Waals surface area contributed by atoms with Crippen molar-refractivity contribution in [2.75, 3.05) is 5.43 Å². The van der Waals surface area contributed by atoms with E-state index in [1.54, 1.807) is 0 Å². The fraction of sp³-hybridized carbons (Fsp3) is 0. The van der Waals surface area contributed by atoms with Gasteiger partial charge in [0.05, 0.1) is 16.0 Å². The number of rotatable bonds is 6. The molecule has 0 heterocycles. The van der Waals surface area contributed by atoms with E-state index in [4.69, 9.17) is 5.14 Å². The molecule has 0 aliphatic carbocycles. The Balaban J connectivity index is 2.20. The third kappa shape index (κ3) is 5.48. The summed E-state index contributed by atoms with van der Waals surface area (Å²) in [6, 6.07) is 12.7. The smallest absolute Gasteiger partial charge is 0.272 e. The van der Waals surface area contributed by atoms with Crippen molar-refractivity contribution < 1.29 is 13.3 Å². The summed E-state index contributed by atoms with van der Waals surface area (Å²) in [6.45, 7) is 0. The lowest BCUT2D eigenvalue weighted by Crippen LogP contribution is -2.12. The van der Waals surface area contributed by atoms with E-state index in [9.17, 15) is 18.5 Å². The summed E-state index contributed by atoms with van der Waals surface area (Å²) in [5, 5.41) is 20.0. The number of hydrogen-bond acceptors (Lipinski definition) is 6. The molecule has 0 saturated heterocycles. The molecule has 0 saturated carbocycles. The van der Waals surface area contributed by atoms with Crippen molar-refractivity contribution in [2.45, 2.75) is 4.90 Å². The highest BCUT2D eigenvalue weighted by molar-refractivity contribution is 9.12. The lowest BCUT2D eigenvalue weighted by atomic mass is 10.2. The largest absolute Gasteiger partial charge is 0.295 e. The minimum absolute atomic E-state index is 0.0358. The van der Waals surface area contributed by atoms with Crippen LogP contribution in [-0.4, -0.2) is 19.6 Å². The van der Waals surface area contributed by atoms with E-state index in [1.807, 2.05) is 36.4 Å². The van der Waals surface area contributed by atoms with E-state index in [0.717, 1.165) is 17.7 Å². The second-order valence-corrected chi connectivity index (χ2v) is 7.27. The summed E-state index contributed by atoms with van der Waals surface area (Å²) in [5.41, 5.74) is 3.04. The van der Waals surface area contributed by atoms with Crippen molar-refractivity contribution in [3.8, 4) is 0 Å². The molecule has 10 heteroatoms. The molecule has 130 valence electrons. The fourth-order valence-corrected chi connectivity index (χ4v) is 2.74. The van der Waals surface area contributed by atoms with E-state index < -0.39 is 20.6 Å². The van der Waals surface area contributed by atoms with Crippen molar-refractivity contribution in [3.63, 3.8) is 0 Å². The molecule has 0 aliphatic rings. The molecule has 8 nitrogen and oxygen atoms in total. The Kier molecular flexibility index (Phi) is 6.02. The SMILES string of the molecule is NS(=O)(=O)c1ccc(N/N=C\C(Br)=C\c2ccccc2)c([N+](=O)[O-])c1. The summed E-state index contributed by atoms with van der Waals surface area (Å²) in [6.07, 6.45) is 3.23. The second kappa shape index (κ2) is 8.01. The van der Waals surface area contributed by atoms with Crippen LogP contribution < -0.4 is 10.6 Å². The topological polar surface area (TPSA) is 128 Å². The standard InChI is InChI=1S/C15H13BrN4O4S/c16-12(8-11-4-2-1-3-5-11)10-18-19-14-7-6-13(25(17,23)24)9-15(14)20(21)22/h1-10,19H,(H2,17,23,24)/b12-8-,18-10-. The van der Waals surface area contributed by atoms with Gasteiger partial charge in [-0.05, 0) is 39.7 Å². The molecule has 2 aromatic carbocycles. The van der Waals surface area contributed by atoms with Crippen LogP contribution in [0.15, 0.2) is 63.0 Å². The number of nitro groups is 1. The number of nitro benzene ring substituents is 1. The first-order chi connectivity index (χ1) is 11.8. The normalized spacial score (nSPS) is 12.3. The molecule has 0 bridgehead atoms. The maximum absolute atomic E-state index is 11.3. The number of hydrazone groups is 1. The zero-order chi connectivity index (χ0) is 18.4. The van der Waals surface area contributed by atoms with Gasteiger partial charge < -0.3 is 0 Å². The maximum atomic E-state index is 11.3. The quantitative estimate of drug-likeness (QED) is 0.418. The van der Waals surface area contributed by atoms with E-state index in [-0.39, 0.29) is 10.6 Å². The third-order valence-electron chi connectivity index (χ3n) is 2.97. The van der Waals surface area contributed by atoms with Gasteiger partial charge in [-0.1, -0.05) is 30.3 Å². The van der Waals surface area contributed by atoms with Crippen LogP contribution in [0.25, 0.3) is 6.08 Å². The number of hydrogen-bond donors (Lipinski definition) is 2. The number of anilines is 1. The van der Waals surface area contributed by atoms with Crippen molar-refractivity contribution >= 4 is 49.6 Å². The highest BCUT2D eigenvalue weighted by atomic mass is 79.9. The van der Waals surface area contributed by atoms with Crippen LogP contribution in [0.5, 0.6) is 0 Å². The molecule has 0 radical (unpaired) electrons. The fourth-order valence-electron chi connectivity index (χ4n) is 1.84. The van der Waals surface area contributed by atoms with Crippen molar-refractivity contribution in [3.05, 3.63) is 68.7 Å². The van der Waals surface area contributed by atoms with Crippen LogP contribution in [0, 0.1) is 10.1 Å². The Bertz CT molecular complexity index is 943. The summed E-state index contributed by atoms with van der Waals surface area (Å²) < 4.78 is 23.2. The predicted molar refractivity (Wildman–Crippen MR) is 99.9 cm³/mol. The molecule has 25 heavy (non-hydrogen) atoms. The maximum Gasteiger partial charge on any atom is 0.295 e. The Hall–Kier alpha value is -2.56. The molecule has 2 aromatic rings. The van der Waals surface area contributed by atoms with Crippen LogP contribution in [-0.2, 0) is 10.0 Å². The second-order valence-electron chi connectivity index (χ2n) is 4.79. The van der Waals surface area contributed by atoms with Gasteiger partial charge in [0.2, 0.25) is 10.0 Å². The average Bonchev–Trinajstić information content (AvgIpc) is 2.54. The number of benzene rings is 2. The van der Waals surface area contributed by atoms with Crippen LogP contribution in [0.4, 0.5) is 11.4 Å². The van der Waals surface area contributed by atoms with E-state index >= 15 is 0 Å². The number of nitrogens with zero attached hydrogens (tertiary/aromatic N) is 2. The lowest BCUT2D eigenvalue weighted by Gasteiger charge is -2.04. The zero-order valence-electron chi connectivity index (χ0n) is 12.7. The van der Waals surface area contributed by atoms with Crippen LogP contribution in [0.3, 0.4) is 0 Å². The predicted octanol–water partition coefficient (Wildman–Crippen LogP) is 3.08. The van der Waals surface area contributed by atoms with Gasteiger partial charge >= 0.3 is 0 Å². The summed E-state index contributed by atoms with van der Waals surface area (Å²) in [5.74, 6) is 0. The van der Waals surface area contributed by atoms with Crippen molar-refractivity contribution in [2.24, 2.45) is 10.2 Å². The summed E-state index contributed by atoms with van der Waals surface area (Å²) >= 11 is 3.32. The molecule has 0 unspecified atom stereocenters. The first-order valence-electron chi connectivity index (χ1n) is 6.80. The number of allylic oxidation sites excluding steroid dienone is 1. The Morgan fingerprint density at radius 2 is 1.92 bits per heavy atom. The van der Waals surface area contributed by atoms with Gasteiger partial charge in [0.25, 0.3) is 5.69 Å².